The van der Waals surface area contributed by atoms with Crippen molar-refractivity contribution in [3.63, 3.8) is 0 Å². The molecular weight excluding hydrogens is 296 g/mol. The quantitative estimate of drug-likeness (QED) is 0.887. The normalized spacial score (nSPS) is 9.89. The number of aromatic nitrogens is 1. The molecule has 0 saturated heterocycles. The lowest BCUT2D eigenvalue weighted by Crippen LogP contribution is -2.13. The lowest BCUT2D eigenvalue weighted by Gasteiger charge is -2.05. The number of anilines is 1. The Balaban J connectivity index is 2.11. The second-order valence-corrected chi connectivity index (χ2v) is 4.34. The highest BCUT2D eigenvalue weighted by molar-refractivity contribution is 9.10. The third kappa shape index (κ3) is 3.07. The minimum absolute atomic E-state index is 0.249. The van der Waals surface area contributed by atoms with Crippen LogP contribution in [-0.2, 0) is 0 Å². The smallest absolute Gasteiger partial charge is 0.274 e. The summed E-state index contributed by atoms with van der Waals surface area (Å²) in [5, 5.41) is 2.76. The van der Waals surface area contributed by atoms with E-state index >= 15 is 0 Å². The summed E-state index contributed by atoms with van der Waals surface area (Å²) in [6.07, 6.45) is 0. The molecule has 0 fully saturated rings. The van der Waals surface area contributed by atoms with Crippen molar-refractivity contribution >= 4 is 27.5 Å². The molecule has 0 atom stereocenters. The molecule has 0 aliphatic rings. The molecule has 1 amide bonds. The van der Waals surface area contributed by atoms with Crippen LogP contribution in [0.3, 0.4) is 0 Å². The molecule has 1 N–H and O–H groups in total. The van der Waals surface area contributed by atoms with E-state index in [1.165, 1.54) is 0 Å². The number of hydrogen-bond donors (Lipinski definition) is 1. The van der Waals surface area contributed by atoms with Crippen LogP contribution in [0.5, 0.6) is 5.75 Å². The molecule has 0 unspecified atom stereocenters. The van der Waals surface area contributed by atoms with E-state index in [1.807, 2.05) is 0 Å². The number of pyridine rings is 1. The Morgan fingerprint density at radius 2 is 1.94 bits per heavy atom. The molecule has 0 aliphatic carbocycles. The van der Waals surface area contributed by atoms with Gasteiger partial charge in [0.15, 0.2) is 0 Å². The number of amides is 1. The highest BCUT2D eigenvalue weighted by Gasteiger charge is 2.07. The van der Waals surface area contributed by atoms with E-state index in [4.69, 9.17) is 4.74 Å². The number of rotatable bonds is 3. The highest BCUT2D eigenvalue weighted by Crippen LogP contribution is 2.16. The molecule has 0 saturated carbocycles. The van der Waals surface area contributed by atoms with Crippen LogP contribution in [0.4, 0.5) is 5.69 Å². The van der Waals surface area contributed by atoms with Gasteiger partial charge in [0.1, 0.15) is 16.0 Å². The van der Waals surface area contributed by atoms with Crippen LogP contribution in [-0.4, -0.2) is 18.0 Å². The Bertz CT molecular complexity index is 555. The van der Waals surface area contributed by atoms with Crippen molar-refractivity contribution in [3.05, 3.63) is 52.8 Å². The van der Waals surface area contributed by atoms with Crippen LogP contribution in [0.15, 0.2) is 47.1 Å². The number of carbonyl (C=O) groups is 1. The average molecular weight is 307 g/mol. The minimum atomic E-state index is -0.249. The summed E-state index contributed by atoms with van der Waals surface area (Å²) < 4.78 is 5.67. The van der Waals surface area contributed by atoms with Crippen LogP contribution in [0.25, 0.3) is 0 Å². The standard InChI is InChI=1S/C13H11BrN2O2/c1-18-10-7-5-9(6-8-10)15-13(17)11-3-2-4-12(14)16-11/h2-8H,1H3,(H,15,17). The first-order valence-electron chi connectivity index (χ1n) is 5.27. The fourth-order valence-electron chi connectivity index (χ4n) is 1.40. The summed E-state index contributed by atoms with van der Waals surface area (Å²) in [6.45, 7) is 0. The molecule has 0 bridgehead atoms. The zero-order valence-corrected chi connectivity index (χ0v) is 11.3. The molecular formula is C13H11BrN2O2. The van der Waals surface area contributed by atoms with Crippen LogP contribution in [0.1, 0.15) is 10.5 Å². The van der Waals surface area contributed by atoms with Gasteiger partial charge in [0.25, 0.3) is 5.91 Å². The van der Waals surface area contributed by atoms with Crippen molar-refractivity contribution in [3.8, 4) is 5.75 Å². The van der Waals surface area contributed by atoms with E-state index in [1.54, 1.807) is 49.6 Å². The highest BCUT2D eigenvalue weighted by atomic mass is 79.9. The summed E-state index contributed by atoms with van der Waals surface area (Å²) in [5.41, 5.74) is 1.06. The number of hydrogen-bond acceptors (Lipinski definition) is 3. The van der Waals surface area contributed by atoms with Gasteiger partial charge < -0.3 is 10.1 Å². The summed E-state index contributed by atoms with van der Waals surface area (Å²) in [4.78, 5) is 16.0. The van der Waals surface area contributed by atoms with Crippen LogP contribution in [0.2, 0.25) is 0 Å². The Hall–Kier alpha value is -1.88. The molecule has 0 aliphatic heterocycles. The first-order valence-corrected chi connectivity index (χ1v) is 6.06. The molecule has 1 aromatic heterocycles. The predicted octanol–water partition coefficient (Wildman–Crippen LogP) is 3.11. The lowest BCUT2D eigenvalue weighted by molar-refractivity contribution is 0.102. The molecule has 0 radical (unpaired) electrons. The summed E-state index contributed by atoms with van der Waals surface area (Å²) in [5.74, 6) is 0.495. The second-order valence-electron chi connectivity index (χ2n) is 3.53. The number of benzene rings is 1. The molecule has 1 aromatic carbocycles. The maximum Gasteiger partial charge on any atom is 0.274 e. The summed E-state index contributed by atoms with van der Waals surface area (Å²) >= 11 is 3.23. The van der Waals surface area contributed by atoms with E-state index in [2.05, 4.69) is 26.2 Å². The van der Waals surface area contributed by atoms with Crippen molar-refractivity contribution in [2.45, 2.75) is 0 Å². The van der Waals surface area contributed by atoms with Crippen molar-refractivity contribution in [2.24, 2.45) is 0 Å². The zero-order chi connectivity index (χ0) is 13.0. The van der Waals surface area contributed by atoms with E-state index < -0.39 is 0 Å². The number of nitrogens with zero attached hydrogens (tertiary/aromatic N) is 1. The minimum Gasteiger partial charge on any atom is -0.497 e. The fourth-order valence-corrected chi connectivity index (χ4v) is 1.75. The molecule has 2 aromatic rings. The van der Waals surface area contributed by atoms with Crippen LogP contribution < -0.4 is 10.1 Å². The molecule has 4 nitrogen and oxygen atoms in total. The molecule has 18 heavy (non-hydrogen) atoms. The maximum atomic E-state index is 11.9. The Morgan fingerprint density at radius 1 is 1.22 bits per heavy atom. The fraction of sp³-hybridized carbons (Fsp3) is 0.0769. The van der Waals surface area contributed by atoms with Crippen LogP contribution in [0, 0.1) is 0 Å². The van der Waals surface area contributed by atoms with Gasteiger partial charge in [0.2, 0.25) is 0 Å². The molecule has 1 heterocycles. The van der Waals surface area contributed by atoms with Crippen molar-refractivity contribution in [1.82, 2.24) is 4.98 Å². The van der Waals surface area contributed by atoms with E-state index in [0.717, 1.165) is 5.75 Å². The zero-order valence-electron chi connectivity index (χ0n) is 9.68. The van der Waals surface area contributed by atoms with Crippen molar-refractivity contribution < 1.29 is 9.53 Å². The molecule has 92 valence electrons. The first-order chi connectivity index (χ1) is 8.69. The van der Waals surface area contributed by atoms with Crippen LogP contribution >= 0.6 is 15.9 Å². The van der Waals surface area contributed by atoms with Gasteiger partial charge in [-0.25, -0.2) is 4.98 Å². The summed E-state index contributed by atoms with van der Waals surface area (Å²) in [6, 6.07) is 12.3. The second kappa shape index (κ2) is 5.64. The molecule has 2 rings (SSSR count). The predicted molar refractivity (Wildman–Crippen MR) is 72.9 cm³/mol. The number of methoxy groups -OCH3 is 1. The van der Waals surface area contributed by atoms with Gasteiger partial charge in [-0.05, 0) is 52.3 Å². The van der Waals surface area contributed by atoms with Gasteiger partial charge in [-0.2, -0.15) is 0 Å². The maximum absolute atomic E-state index is 11.9. The number of carbonyl (C=O) groups excluding carboxylic acids is 1. The van der Waals surface area contributed by atoms with Gasteiger partial charge in [-0.15, -0.1) is 0 Å². The molecule has 5 heteroatoms. The van der Waals surface area contributed by atoms with E-state index in [9.17, 15) is 4.79 Å². The topological polar surface area (TPSA) is 51.2 Å². The largest absolute Gasteiger partial charge is 0.497 e. The van der Waals surface area contributed by atoms with Crippen molar-refractivity contribution in [1.29, 1.82) is 0 Å². The number of halogens is 1. The van der Waals surface area contributed by atoms with E-state index in [0.29, 0.717) is 16.0 Å². The number of nitrogens with one attached hydrogen (secondary N) is 1. The average Bonchev–Trinajstić information content (AvgIpc) is 2.39. The Kier molecular flexibility index (Phi) is 3.94. The summed E-state index contributed by atoms with van der Waals surface area (Å²) in [7, 11) is 1.60. The Morgan fingerprint density at radius 3 is 2.56 bits per heavy atom. The third-order valence-electron chi connectivity index (χ3n) is 2.30. The van der Waals surface area contributed by atoms with Crippen molar-refractivity contribution in [2.75, 3.05) is 12.4 Å². The number of ether oxygens (including phenoxy) is 1. The third-order valence-corrected chi connectivity index (χ3v) is 2.74. The van der Waals surface area contributed by atoms with Gasteiger partial charge in [0.05, 0.1) is 7.11 Å². The van der Waals surface area contributed by atoms with Gasteiger partial charge in [0, 0.05) is 5.69 Å². The lowest BCUT2D eigenvalue weighted by atomic mass is 10.3. The first kappa shape index (κ1) is 12.6. The SMILES string of the molecule is COc1ccc(NC(=O)c2cccc(Br)n2)cc1. The Labute approximate surface area is 113 Å². The van der Waals surface area contributed by atoms with Gasteiger partial charge in [-0.3, -0.25) is 4.79 Å². The van der Waals surface area contributed by atoms with Gasteiger partial charge in [-0.1, -0.05) is 6.07 Å². The van der Waals surface area contributed by atoms with E-state index in [-0.39, 0.29) is 5.91 Å². The van der Waals surface area contributed by atoms with Gasteiger partial charge >= 0.3 is 0 Å². The molecule has 0 spiro atoms. The monoisotopic (exact) mass is 306 g/mol.